The first-order valence-electron chi connectivity index (χ1n) is 5.97. The first-order valence-corrected chi connectivity index (χ1v) is 7.46. The summed E-state index contributed by atoms with van der Waals surface area (Å²) in [6.07, 6.45) is 1.64. The third-order valence-corrected chi connectivity index (χ3v) is 3.59. The van der Waals surface area contributed by atoms with Gasteiger partial charge in [0, 0.05) is 11.8 Å². The maximum Gasteiger partial charge on any atom is 0.257 e. The highest BCUT2D eigenvalue weighted by Gasteiger charge is 2.10. The average molecular weight is 413 g/mol. The molecule has 0 aliphatic heterocycles. The number of methoxy groups -OCH3 is 1. The van der Waals surface area contributed by atoms with E-state index in [4.69, 9.17) is 17.0 Å². The summed E-state index contributed by atoms with van der Waals surface area (Å²) in [5.74, 6) is 1.01. The Hall–Kier alpha value is -1.74. The normalized spacial score (nSPS) is 9.81. The van der Waals surface area contributed by atoms with Crippen molar-refractivity contribution in [1.82, 2.24) is 10.3 Å². The van der Waals surface area contributed by atoms with Gasteiger partial charge in [-0.15, -0.1) is 0 Å². The summed E-state index contributed by atoms with van der Waals surface area (Å²) in [6.45, 7) is 0. The molecule has 0 atom stereocenters. The Kier molecular flexibility index (Phi) is 5.45. The monoisotopic (exact) mass is 413 g/mol. The third-order valence-electron chi connectivity index (χ3n) is 2.55. The van der Waals surface area contributed by atoms with Gasteiger partial charge in [0.25, 0.3) is 5.91 Å². The van der Waals surface area contributed by atoms with Crippen LogP contribution >= 0.6 is 34.8 Å². The molecule has 0 saturated heterocycles. The number of anilines is 1. The number of pyridine rings is 1. The summed E-state index contributed by atoms with van der Waals surface area (Å²) in [6, 6.07) is 10.5. The van der Waals surface area contributed by atoms with Gasteiger partial charge in [-0.1, -0.05) is 6.07 Å². The van der Waals surface area contributed by atoms with E-state index >= 15 is 0 Å². The molecule has 2 N–H and O–H groups in total. The van der Waals surface area contributed by atoms with E-state index in [0.29, 0.717) is 11.4 Å². The second kappa shape index (κ2) is 7.32. The highest BCUT2D eigenvalue weighted by atomic mass is 127. The van der Waals surface area contributed by atoms with Crippen LogP contribution in [0.5, 0.6) is 5.75 Å². The second-order valence-corrected chi connectivity index (χ2v) is 5.54. The Morgan fingerprint density at radius 2 is 2.14 bits per heavy atom. The Morgan fingerprint density at radius 3 is 2.76 bits per heavy atom. The van der Waals surface area contributed by atoms with Gasteiger partial charge in [0.2, 0.25) is 0 Å². The number of amides is 1. The number of carbonyl (C=O) groups is 1. The van der Waals surface area contributed by atoms with Crippen molar-refractivity contribution in [2.24, 2.45) is 0 Å². The molecule has 5 nitrogen and oxygen atoms in total. The van der Waals surface area contributed by atoms with Crippen LogP contribution < -0.4 is 15.4 Å². The molecule has 1 aromatic carbocycles. The van der Waals surface area contributed by atoms with Crippen molar-refractivity contribution in [2.45, 2.75) is 0 Å². The van der Waals surface area contributed by atoms with Gasteiger partial charge in [-0.3, -0.25) is 10.1 Å². The van der Waals surface area contributed by atoms with Gasteiger partial charge in [-0.2, -0.15) is 0 Å². The fourth-order valence-electron chi connectivity index (χ4n) is 1.57. The predicted octanol–water partition coefficient (Wildman–Crippen LogP) is 2.82. The number of hydrogen-bond donors (Lipinski definition) is 2. The lowest BCUT2D eigenvalue weighted by atomic mass is 10.2. The minimum atomic E-state index is -0.288. The molecular weight excluding hydrogens is 401 g/mol. The van der Waals surface area contributed by atoms with E-state index < -0.39 is 0 Å². The number of carbonyl (C=O) groups excluding carboxylic acids is 1. The number of aromatic nitrogens is 1. The number of ether oxygens (including phenoxy) is 1. The van der Waals surface area contributed by atoms with E-state index in [0.717, 1.165) is 9.32 Å². The molecule has 2 rings (SSSR count). The summed E-state index contributed by atoms with van der Waals surface area (Å²) < 4.78 is 6.01. The maximum atomic E-state index is 12.1. The van der Waals surface area contributed by atoms with E-state index in [1.165, 1.54) is 0 Å². The molecule has 0 aliphatic rings. The molecule has 1 aromatic heterocycles. The Morgan fingerprint density at radius 1 is 1.33 bits per heavy atom. The molecule has 21 heavy (non-hydrogen) atoms. The van der Waals surface area contributed by atoms with Gasteiger partial charge in [-0.05, 0) is 65.1 Å². The van der Waals surface area contributed by atoms with Crippen molar-refractivity contribution in [2.75, 3.05) is 12.4 Å². The zero-order valence-corrected chi connectivity index (χ0v) is 14.1. The van der Waals surface area contributed by atoms with Crippen LogP contribution in [-0.2, 0) is 0 Å². The van der Waals surface area contributed by atoms with E-state index in [1.54, 1.807) is 43.6 Å². The van der Waals surface area contributed by atoms with Crippen molar-refractivity contribution in [3.8, 4) is 5.75 Å². The van der Waals surface area contributed by atoms with E-state index in [-0.39, 0.29) is 11.0 Å². The highest BCUT2D eigenvalue weighted by molar-refractivity contribution is 14.1. The lowest BCUT2D eigenvalue weighted by molar-refractivity contribution is 0.0977. The van der Waals surface area contributed by atoms with Gasteiger partial charge in [0.05, 0.1) is 10.7 Å². The van der Waals surface area contributed by atoms with Gasteiger partial charge in [0.15, 0.2) is 5.11 Å². The zero-order valence-electron chi connectivity index (χ0n) is 11.1. The van der Waals surface area contributed by atoms with Crippen molar-refractivity contribution in [1.29, 1.82) is 0 Å². The molecule has 0 aliphatic carbocycles. The molecule has 108 valence electrons. The molecule has 0 radical (unpaired) electrons. The summed E-state index contributed by atoms with van der Waals surface area (Å²) in [5, 5.41) is 5.65. The van der Waals surface area contributed by atoms with Crippen molar-refractivity contribution < 1.29 is 9.53 Å². The molecular formula is C14H12IN3O2S. The Labute approximate surface area is 141 Å². The molecule has 1 amide bonds. The van der Waals surface area contributed by atoms with Crippen LogP contribution in [0.4, 0.5) is 5.82 Å². The zero-order chi connectivity index (χ0) is 15.2. The standard InChI is InChI=1S/C14H12IN3O2S/c1-20-11-6-5-9(8-10(11)15)13(19)18-14(21)17-12-4-2-3-7-16-12/h2-8H,1H3,(H2,16,17,18,19,21). The predicted molar refractivity (Wildman–Crippen MR) is 93.6 cm³/mol. The molecule has 0 saturated carbocycles. The Bertz CT molecular complexity index is 665. The number of hydrogen-bond acceptors (Lipinski definition) is 4. The lowest BCUT2D eigenvalue weighted by Gasteiger charge is -2.10. The summed E-state index contributed by atoms with van der Waals surface area (Å²) in [5.41, 5.74) is 0.505. The van der Waals surface area contributed by atoms with Crippen LogP contribution in [0.15, 0.2) is 42.6 Å². The van der Waals surface area contributed by atoms with Gasteiger partial charge < -0.3 is 10.1 Å². The fourth-order valence-corrected chi connectivity index (χ4v) is 2.50. The SMILES string of the molecule is COc1ccc(C(=O)NC(=S)Nc2ccccn2)cc1I. The van der Waals surface area contributed by atoms with E-state index in [9.17, 15) is 4.79 Å². The van der Waals surface area contributed by atoms with Crippen LogP contribution in [0.3, 0.4) is 0 Å². The van der Waals surface area contributed by atoms with E-state index in [2.05, 4.69) is 38.2 Å². The first-order chi connectivity index (χ1) is 10.1. The maximum absolute atomic E-state index is 12.1. The number of nitrogens with one attached hydrogen (secondary N) is 2. The second-order valence-electron chi connectivity index (χ2n) is 3.97. The molecule has 7 heteroatoms. The van der Waals surface area contributed by atoms with Crippen molar-refractivity contribution >= 4 is 51.6 Å². The number of benzene rings is 1. The fraction of sp³-hybridized carbons (Fsp3) is 0.0714. The van der Waals surface area contributed by atoms with Crippen LogP contribution in [-0.4, -0.2) is 23.1 Å². The van der Waals surface area contributed by atoms with Crippen molar-refractivity contribution in [3.05, 3.63) is 51.7 Å². The average Bonchev–Trinajstić information content (AvgIpc) is 2.48. The summed E-state index contributed by atoms with van der Waals surface area (Å²) in [4.78, 5) is 16.2. The molecule has 0 fully saturated rings. The largest absolute Gasteiger partial charge is 0.496 e. The van der Waals surface area contributed by atoms with Gasteiger partial charge in [0.1, 0.15) is 11.6 Å². The molecule has 0 bridgehead atoms. The molecule has 1 heterocycles. The molecule has 2 aromatic rings. The highest BCUT2D eigenvalue weighted by Crippen LogP contribution is 2.21. The smallest absolute Gasteiger partial charge is 0.257 e. The van der Waals surface area contributed by atoms with Gasteiger partial charge >= 0.3 is 0 Å². The third kappa shape index (κ3) is 4.36. The Balaban J connectivity index is 2.01. The number of thiocarbonyl (C=S) groups is 1. The minimum Gasteiger partial charge on any atom is -0.496 e. The van der Waals surface area contributed by atoms with Crippen LogP contribution in [0.25, 0.3) is 0 Å². The van der Waals surface area contributed by atoms with Crippen LogP contribution in [0.2, 0.25) is 0 Å². The van der Waals surface area contributed by atoms with E-state index in [1.807, 2.05) is 6.07 Å². The molecule has 0 unspecified atom stereocenters. The number of halogens is 1. The summed E-state index contributed by atoms with van der Waals surface area (Å²) in [7, 11) is 1.59. The van der Waals surface area contributed by atoms with Crippen molar-refractivity contribution in [3.63, 3.8) is 0 Å². The first kappa shape index (κ1) is 15.6. The quantitative estimate of drug-likeness (QED) is 0.599. The topological polar surface area (TPSA) is 63.2 Å². The van der Waals surface area contributed by atoms with Crippen LogP contribution in [0, 0.1) is 3.57 Å². The van der Waals surface area contributed by atoms with Crippen LogP contribution in [0.1, 0.15) is 10.4 Å². The summed E-state index contributed by atoms with van der Waals surface area (Å²) >= 11 is 7.19. The molecule has 0 spiro atoms. The lowest BCUT2D eigenvalue weighted by Crippen LogP contribution is -2.34. The van der Waals surface area contributed by atoms with Gasteiger partial charge in [-0.25, -0.2) is 4.98 Å². The minimum absolute atomic E-state index is 0.199. The number of nitrogens with zero attached hydrogens (tertiary/aromatic N) is 1. The number of rotatable bonds is 3.